The van der Waals surface area contributed by atoms with Gasteiger partial charge in [0, 0.05) is 29.2 Å². The zero-order chi connectivity index (χ0) is 35.4. The van der Waals surface area contributed by atoms with Gasteiger partial charge in [-0.3, -0.25) is 19.1 Å². The second-order valence-corrected chi connectivity index (χ2v) is 13.1. The smallest absolute Gasteiger partial charge is 0.306 e. The van der Waals surface area contributed by atoms with Gasteiger partial charge in [0.15, 0.2) is 0 Å². The van der Waals surface area contributed by atoms with Gasteiger partial charge in [0.25, 0.3) is 5.56 Å². The van der Waals surface area contributed by atoms with E-state index in [1.54, 1.807) is 68.4 Å². The Balaban J connectivity index is 0.00000504. The van der Waals surface area contributed by atoms with Crippen molar-refractivity contribution in [1.82, 2.24) is 19.5 Å². The van der Waals surface area contributed by atoms with E-state index < -0.39 is 35.5 Å². The molecule has 9 nitrogen and oxygen atoms in total. The van der Waals surface area contributed by atoms with Crippen LogP contribution in [0, 0.1) is 11.6 Å². The summed E-state index contributed by atoms with van der Waals surface area (Å²) in [7, 11) is 1.94. The molecule has 0 saturated carbocycles. The maximum Gasteiger partial charge on any atom is 0.343 e. The van der Waals surface area contributed by atoms with Crippen molar-refractivity contribution in [3.05, 3.63) is 152 Å². The average Bonchev–Trinajstić information content (AvgIpc) is 3.47. The highest BCUT2D eigenvalue weighted by Gasteiger charge is 2.25. The largest absolute Gasteiger partial charge is 0.343 e. The van der Waals surface area contributed by atoms with Crippen molar-refractivity contribution in [1.29, 1.82) is 0 Å². The molecule has 2 heterocycles. The number of hydrogen-bond donors (Lipinski definition) is 2. The van der Waals surface area contributed by atoms with Crippen molar-refractivity contribution < 1.29 is 18.4 Å². The van der Waals surface area contributed by atoms with Crippen LogP contribution in [-0.4, -0.2) is 33.2 Å². The quantitative estimate of drug-likeness (QED) is 0.133. The van der Waals surface area contributed by atoms with Crippen LogP contribution in [-0.2, 0) is 24.5 Å². The summed E-state index contributed by atoms with van der Waals surface area (Å²) < 4.78 is 32.4. The fraction of sp³-hybridized carbons (Fsp3) is 0.184. The van der Waals surface area contributed by atoms with Crippen molar-refractivity contribution in [3.63, 3.8) is 0 Å². The summed E-state index contributed by atoms with van der Waals surface area (Å²) in [6.07, 6.45) is -0.201. The number of amides is 2. The Morgan fingerprint density at radius 2 is 1.47 bits per heavy atom. The minimum Gasteiger partial charge on any atom is -0.306 e. The molecule has 0 aliphatic heterocycles. The van der Waals surface area contributed by atoms with Gasteiger partial charge in [-0.15, -0.1) is 23.7 Å². The first-order chi connectivity index (χ1) is 24.1. The van der Waals surface area contributed by atoms with E-state index in [0.717, 1.165) is 27.8 Å². The summed E-state index contributed by atoms with van der Waals surface area (Å²) in [4.78, 5) is 49.2. The van der Waals surface area contributed by atoms with Gasteiger partial charge in [-0.1, -0.05) is 66.7 Å². The molecule has 0 fully saturated rings. The van der Waals surface area contributed by atoms with Gasteiger partial charge in [-0.25, -0.2) is 28.4 Å². The first-order valence-electron chi connectivity index (χ1n) is 16.0. The number of nitrogens with one attached hydrogen (secondary N) is 2. The SMILES string of the molecule is CC(C)ONC(=O)Nc1ccc(-c2sc3c(c2CN(C)Cc2ccccc2)c(=O)n(-c2ccccc2)c(=O)n3Cc2c(F)cccc2F)cc1.Cl. The van der Waals surface area contributed by atoms with Crippen molar-refractivity contribution in [3.8, 4) is 16.1 Å². The number of carbonyl (C=O) groups is 1. The molecular formula is C38H36ClF2N5O4S. The Morgan fingerprint density at radius 1 is 0.843 bits per heavy atom. The second kappa shape index (κ2) is 16.3. The van der Waals surface area contributed by atoms with Crippen LogP contribution in [0.15, 0.2) is 113 Å². The predicted molar refractivity (Wildman–Crippen MR) is 200 cm³/mol. The highest BCUT2D eigenvalue weighted by atomic mass is 35.5. The third kappa shape index (κ3) is 8.26. The van der Waals surface area contributed by atoms with Crippen LogP contribution in [0.4, 0.5) is 19.3 Å². The van der Waals surface area contributed by atoms with Crippen molar-refractivity contribution in [2.75, 3.05) is 12.4 Å². The number of benzene rings is 4. The Morgan fingerprint density at radius 3 is 2.10 bits per heavy atom. The lowest BCUT2D eigenvalue weighted by atomic mass is 10.1. The van der Waals surface area contributed by atoms with E-state index in [1.807, 2.05) is 37.4 Å². The molecule has 0 unspecified atom stereocenters. The number of urea groups is 1. The minimum absolute atomic E-state index is 0. The average molecular weight is 732 g/mol. The number of rotatable bonds is 11. The Labute approximate surface area is 303 Å². The molecule has 264 valence electrons. The van der Waals surface area contributed by atoms with Gasteiger partial charge in [-0.05, 0) is 74.0 Å². The number of carbonyl (C=O) groups excluding carboxylic acids is 1. The lowest BCUT2D eigenvalue weighted by Crippen LogP contribution is -2.39. The van der Waals surface area contributed by atoms with Crippen molar-refractivity contribution >= 4 is 45.7 Å². The Bertz CT molecular complexity index is 2240. The maximum absolute atomic E-state index is 15.0. The van der Waals surface area contributed by atoms with E-state index >= 15 is 8.78 Å². The molecule has 6 rings (SSSR count). The number of para-hydroxylation sites is 1. The molecule has 2 amide bonds. The lowest BCUT2D eigenvalue weighted by Gasteiger charge is -2.18. The first kappa shape index (κ1) is 37.1. The minimum atomic E-state index is -0.798. The molecule has 0 radical (unpaired) electrons. The Kier molecular flexibility index (Phi) is 11.8. The molecule has 0 spiro atoms. The van der Waals surface area contributed by atoms with E-state index in [0.29, 0.717) is 39.7 Å². The summed E-state index contributed by atoms with van der Waals surface area (Å²) in [5, 5.41) is 2.99. The fourth-order valence-electron chi connectivity index (χ4n) is 5.69. The zero-order valence-corrected chi connectivity index (χ0v) is 29.7. The van der Waals surface area contributed by atoms with E-state index in [-0.39, 0.29) is 29.5 Å². The third-order valence-corrected chi connectivity index (χ3v) is 9.28. The van der Waals surface area contributed by atoms with E-state index in [4.69, 9.17) is 4.84 Å². The number of nitrogens with zero attached hydrogens (tertiary/aromatic N) is 3. The van der Waals surface area contributed by atoms with E-state index in [1.165, 1.54) is 22.0 Å². The van der Waals surface area contributed by atoms with Gasteiger partial charge in [0.2, 0.25) is 0 Å². The van der Waals surface area contributed by atoms with Crippen LogP contribution in [0.5, 0.6) is 0 Å². The third-order valence-electron chi connectivity index (χ3n) is 7.98. The monoisotopic (exact) mass is 731 g/mol. The topological polar surface area (TPSA) is 97.6 Å². The summed E-state index contributed by atoms with van der Waals surface area (Å²) in [6, 6.07) is 28.4. The maximum atomic E-state index is 15.0. The van der Waals surface area contributed by atoms with Crippen LogP contribution >= 0.6 is 23.7 Å². The van der Waals surface area contributed by atoms with Crippen LogP contribution in [0.1, 0.15) is 30.5 Å². The molecule has 0 aliphatic carbocycles. The lowest BCUT2D eigenvalue weighted by molar-refractivity contribution is 0.0199. The molecule has 13 heteroatoms. The molecule has 4 aromatic carbocycles. The summed E-state index contributed by atoms with van der Waals surface area (Å²) in [5.74, 6) is -1.60. The normalized spacial score (nSPS) is 11.2. The number of thiophene rings is 1. The van der Waals surface area contributed by atoms with Crippen molar-refractivity contribution in [2.24, 2.45) is 0 Å². The van der Waals surface area contributed by atoms with Gasteiger partial charge >= 0.3 is 11.7 Å². The molecule has 0 bridgehead atoms. The molecule has 2 aromatic heterocycles. The standard InChI is InChI=1S/C38H35F2N5O4S.ClH/c1-24(2)49-42-37(47)41-27-19-17-26(18-20-27)34-30(22-43(3)21-25-11-6-4-7-12-25)33-35(46)45(28-13-8-5-9-14-28)38(48)44(36(33)50-34)23-29-31(39)15-10-16-32(29)40;/h4-20,24H,21-23H2,1-3H3,(H2,41,42,47);1H. The van der Waals surface area contributed by atoms with Crippen LogP contribution in [0.2, 0.25) is 0 Å². The van der Waals surface area contributed by atoms with Gasteiger partial charge in [0.1, 0.15) is 16.5 Å². The summed E-state index contributed by atoms with van der Waals surface area (Å²) in [5.41, 5.74) is 4.07. The van der Waals surface area contributed by atoms with Crippen LogP contribution in [0.3, 0.4) is 0 Å². The molecular weight excluding hydrogens is 696 g/mol. The number of fused-ring (bicyclic) bond motifs is 1. The second-order valence-electron chi connectivity index (χ2n) is 12.1. The molecule has 0 saturated heterocycles. The fourth-order valence-corrected chi connectivity index (χ4v) is 6.99. The number of halogens is 3. The predicted octanol–water partition coefficient (Wildman–Crippen LogP) is 7.72. The Hall–Kier alpha value is -5.14. The number of hydroxylamine groups is 1. The molecule has 6 aromatic rings. The van der Waals surface area contributed by atoms with E-state index in [2.05, 4.69) is 15.7 Å². The van der Waals surface area contributed by atoms with Crippen LogP contribution < -0.4 is 22.0 Å². The highest BCUT2D eigenvalue weighted by molar-refractivity contribution is 7.22. The molecule has 0 aliphatic rings. The first-order valence-corrected chi connectivity index (χ1v) is 16.8. The number of anilines is 1. The number of hydrogen-bond acceptors (Lipinski definition) is 6. The molecule has 51 heavy (non-hydrogen) atoms. The van der Waals surface area contributed by atoms with Crippen molar-refractivity contribution in [2.45, 2.75) is 39.6 Å². The van der Waals surface area contributed by atoms with Gasteiger partial charge in [0.05, 0.1) is 23.7 Å². The molecule has 2 N–H and O–H groups in total. The van der Waals surface area contributed by atoms with Gasteiger partial charge < -0.3 is 5.32 Å². The molecule has 0 atom stereocenters. The number of aromatic nitrogens is 2. The van der Waals surface area contributed by atoms with Gasteiger partial charge in [-0.2, -0.15) is 0 Å². The highest BCUT2D eigenvalue weighted by Crippen LogP contribution is 2.38. The summed E-state index contributed by atoms with van der Waals surface area (Å²) >= 11 is 1.20. The van der Waals surface area contributed by atoms with Crippen LogP contribution in [0.25, 0.3) is 26.3 Å². The summed E-state index contributed by atoms with van der Waals surface area (Å²) in [6.45, 7) is 4.03. The zero-order valence-electron chi connectivity index (χ0n) is 28.1. The van der Waals surface area contributed by atoms with E-state index in [9.17, 15) is 14.4 Å².